The Morgan fingerprint density at radius 1 is 1.13 bits per heavy atom. The lowest BCUT2D eigenvalue weighted by atomic mass is 10.2. The Balaban J connectivity index is 1.72. The number of hydrogen-bond donors (Lipinski definition) is 1. The predicted molar refractivity (Wildman–Crippen MR) is 112 cm³/mol. The van der Waals surface area contributed by atoms with Crippen LogP contribution < -0.4 is 5.43 Å². The van der Waals surface area contributed by atoms with Gasteiger partial charge in [-0.15, -0.1) is 0 Å². The summed E-state index contributed by atoms with van der Waals surface area (Å²) >= 11 is 0. The highest BCUT2D eigenvalue weighted by molar-refractivity contribution is 7.89. The number of carbonyl (C=O) groups excluding carboxylic acids is 1. The van der Waals surface area contributed by atoms with Crippen molar-refractivity contribution in [1.29, 1.82) is 0 Å². The third kappa shape index (κ3) is 5.84. The van der Waals surface area contributed by atoms with Crippen LogP contribution in [0.5, 0.6) is 0 Å². The lowest BCUT2D eigenvalue weighted by molar-refractivity contribution is -0.384. The van der Waals surface area contributed by atoms with Crippen molar-refractivity contribution in [3.8, 4) is 0 Å². The van der Waals surface area contributed by atoms with E-state index in [0.717, 1.165) is 4.31 Å². The van der Waals surface area contributed by atoms with E-state index in [1.807, 2.05) is 0 Å². The summed E-state index contributed by atoms with van der Waals surface area (Å²) in [5, 5.41) is 14.6. The maximum atomic E-state index is 13.0. The van der Waals surface area contributed by atoms with Crippen LogP contribution in [0, 0.1) is 10.1 Å². The quantitative estimate of drug-likeness (QED) is 0.307. The number of nitrogens with one attached hydrogen (secondary N) is 1. The van der Waals surface area contributed by atoms with Crippen LogP contribution in [0.15, 0.2) is 87.4 Å². The Morgan fingerprint density at radius 3 is 2.58 bits per heavy atom. The van der Waals surface area contributed by atoms with Gasteiger partial charge in [-0.25, -0.2) is 13.8 Å². The van der Waals surface area contributed by atoms with Gasteiger partial charge >= 0.3 is 0 Å². The number of benzene rings is 2. The van der Waals surface area contributed by atoms with Gasteiger partial charge in [-0.1, -0.05) is 30.3 Å². The first-order valence-electron chi connectivity index (χ1n) is 9.00. The van der Waals surface area contributed by atoms with Crippen LogP contribution in [0.2, 0.25) is 0 Å². The maximum Gasteiger partial charge on any atom is 0.270 e. The van der Waals surface area contributed by atoms with Crippen molar-refractivity contribution in [2.75, 3.05) is 6.54 Å². The number of nitrogens with zero attached hydrogens (tertiary/aromatic N) is 3. The molecule has 0 aliphatic heterocycles. The van der Waals surface area contributed by atoms with E-state index in [-0.39, 0.29) is 17.1 Å². The Labute approximate surface area is 178 Å². The number of non-ortho nitro benzene ring substituents is 1. The van der Waals surface area contributed by atoms with E-state index < -0.39 is 27.4 Å². The zero-order valence-electron chi connectivity index (χ0n) is 16.1. The minimum Gasteiger partial charge on any atom is -0.468 e. The molecule has 3 aromatic rings. The molecule has 0 atom stereocenters. The Bertz CT molecular complexity index is 1180. The molecular formula is C20H18N4O6S. The second-order valence-electron chi connectivity index (χ2n) is 6.31. The summed E-state index contributed by atoms with van der Waals surface area (Å²) in [6.07, 6.45) is 2.64. The number of hydrazone groups is 1. The molecule has 0 bridgehead atoms. The van der Waals surface area contributed by atoms with E-state index in [1.54, 1.807) is 36.4 Å². The number of hydrogen-bond acceptors (Lipinski definition) is 7. The molecule has 0 fully saturated rings. The molecule has 10 nitrogen and oxygen atoms in total. The molecule has 0 saturated carbocycles. The fourth-order valence-electron chi connectivity index (χ4n) is 2.64. The Kier molecular flexibility index (Phi) is 6.90. The minimum atomic E-state index is -3.98. The molecule has 1 aromatic heterocycles. The van der Waals surface area contributed by atoms with Crippen molar-refractivity contribution in [2.45, 2.75) is 11.4 Å². The van der Waals surface area contributed by atoms with Crippen molar-refractivity contribution >= 4 is 27.8 Å². The molecule has 1 heterocycles. The summed E-state index contributed by atoms with van der Waals surface area (Å²) < 4.78 is 32.2. The molecule has 3 rings (SSSR count). The molecule has 1 N–H and O–H groups in total. The van der Waals surface area contributed by atoms with E-state index in [0.29, 0.717) is 11.3 Å². The van der Waals surface area contributed by atoms with Gasteiger partial charge in [0.25, 0.3) is 11.6 Å². The minimum absolute atomic E-state index is 0.0365. The normalized spacial score (nSPS) is 11.6. The lowest BCUT2D eigenvalue weighted by Gasteiger charge is -2.20. The fourth-order valence-corrected chi connectivity index (χ4v) is 4.02. The molecule has 11 heteroatoms. The summed E-state index contributed by atoms with van der Waals surface area (Å²) in [5.74, 6) is -0.319. The van der Waals surface area contributed by atoms with Gasteiger partial charge in [-0.2, -0.15) is 9.41 Å². The standard InChI is InChI=1S/C20H18N4O6S/c25-20(22-21-13-16-6-4-7-17(12-16)24(26)27)15-23(14-18-8-5-11-30-18)31(28,29)19-9-2-1-3-10-19/h1-13H,14-15H2,(H,22,25)/b21-13-. The van der Waals surface area contributed by atoms with E-state index in [1.165, 1.54) is 42.8 Å². The van der Waals surface area contributed by atoms with Crippen molar-refractivity contribution in [3.05, 3.63) is 94.4 Å². The van der Waals surface area contributed by atoms with Gasteiger partial charge in [0.05, 0.1) is 35.4 Å². The van der Waals surface area contributed by atoms with Crippen molar-refractivity contribution in [1.82, 2.24) is 9.73 Å². The van der Waals surface area contributed by atoms with Crippen LogP contribution in [-0.4, -0.2) is 36.3 Å². The van der Waals surface area contributed by atoms with E-state index >= 15 is 0 Å². The van der Waals surface area contributed by atoms with Crippen molar-refractivity contribution < 1.29 is 22.6 Å². The molecule has 0 radical (unpaired) electrons. The van der Waals surface area contributed by atoms with Crippen LogP contribution in [0.4, 0.5) is 5.69 Å². The summed E-state index contributed by atoms with van der Waals surface area (Å²) in [6.45, 7) is -0.656. The topological polar surface area (TPSA) is 135 Å². The number of rotatable bonds is 9. The van der Waals surface area contributed by atoms with Crippen LogP contribution in [0.1, 0.15) is 11.3 Å². The van der Waals surface area contributed by atoms with Gasteiger partial charge in [0.1, 0.15) is 5.76 Å². The first-order chi connectivity index (χ1) is 14.9. The fraction of sp³-hybridized carbons (Fsp3) is 0.100. The SMILES string of the molecule is O=C(CN(Cc1ccco1)S(=O)(=O)c1ccccc1)N/N=C\c1cccc([N+](=O)[O-])c1. The highest BCUT2D eigenvalue weighted by atomic mass is 32.2. The molecule has 160 valence electrons. The van der Waals surface area contributed by atoms with Gasteiger partial charge in [-0.05, 0) is 24.3 Å². The van der Waals surface area contributed by atoms with Crippen LogP contribution in [0.3, 0.4) is 0 Å². The predicted octanol–water partition coefficient (Wildman–Crippen LogP) is 2.53. The lowest BCUT2D eigenvalue weighted by Crippen LogP contribution is -2.38. The number of furan rings is 1. The number of nitro groups is 1. The van der Waals surface area contributed by atoms with Gasteiger partial charge in [-0.3, -0.25) is 14.9 Å². The largest absolute Gasteiger partial charge is 0.468 e. The van der Waals surface area contributed by atoms with E-state index in [4.69, 9.17) is 4.42 Å². The van der Waals surface area contributed by atoms with Crippen LogP contribution in [-0.2, 0) is 21.4 Å². The second kappa shape index (κ2) is 9.78. The van der Waals surface area contributed by atoms with Crippen LogP contribution >= 0.6 is 0 Å². The summed E-state index contributed by atoms with van der Waals surface area (Å²) in [7, 11) is -3.98. The summed E-state index contributed by atoms with van der Waals surface area (Å²) in [6, 6.07) is 16.6. The molecule has 0 spiro atoms. The molecule has 0 aliphatic carbocycles. The first kappa shape index (κ1) is 21.9. The van der Waals surface area contributed by atoms with Gasteiger partial charge < -0.3 is 4.42 Å². The highest BCUT2D eigenvalue weighted by Gasteiger charge is 2.27. The van der Waals surface area contributed by atoms with Gasteiger partial charge in [0.2, 0.25) is 10.0 Å². The molecule has 0 aliphatic rings. The van der Waals surface area contributed by atoms with Crippen molar-refractivity contribution in [2.24, 2.45) is 5.10 Å². The van der Waals surface area contributed by atoms with Gasteiger partial charge in [0.15, 0.2) is 0 Å². The smallest absolute Gasteiger partial charge is 0.270 e. The van der Waals surface area contributed by atoms with Crippen molar-refractivity contribution in [3.63, 3.8) is 0 Å². The third-order valence-corrected chi connectivity index (χ3v) is 5.90. The van der Waals surface area contributed by atoms with E-state index in [9.17, 15) is 23.3 Å². The Morgan fingerprint density at radius 2 is 1.90 bits per heavy atom. The Hall–Kier alpha value is -3.83. The number of carbonyl (C=O) groups is 1. The summed E-state index contributed by atoms with van der Waals surface area (Å²) in [4.78, 5) is 22.7. The monoisotopic (exact) mass is 442 g/mol. The number of amides is 1. The molecule has 1 amide bonds. The molecular weight excluding hydrogens is 424 g/mol. The number of nitro benzene ring substituents is 1. The van der Waals surface area contributed by atoms with E-state index in [2.05, 4.69) is 10.5 Å². The second-order valence-corrected chi connectivity index (χ2v) is 8.25. The molecule has 31 heavy (non-hydrogen) atoms. The molecule has 0 unspecified atom stereocenters. The number of sulfonamides is 1. The zero-order valence-corrected chi connectivity index (χ0v) is 16.9. The van der Waals surface area contributed by atoms with Gasteiger partial charge in [0, 0.05) is 17.7 Å². The average Bonchev–Trinajstić information content (AvgIpc) is 3.27. The zero-order chi connectivity index (χ0) is 22.3. The molecule has 2 aromatic carbocycles. The first-order valence-corrected chi connectivity index (χ1v) is 10.4. The maximum absolute atomic E-state index is 13.0. The third-order valence-electron chi connectivity index (χ3n) is 4.10. The van der Waals surface area contributed by atoms with Crippen LogP contribution in [0.25, 0.3) is 0 Å². The highest BCUT2D eigenvalue weighted by Crippen LogP contribution is 2.18. The molecule has 0 saturated heterocycles. The summed E-state index contributed by atoms with van der Waals surface area (Å²) in [5.41, 5.74) is 2.52. The average molecular weight is 442 g/mol.